The van der Waals surface area contributed by atoms with Crippen LogP contribution in [-0.4, -0.2) is 30.2 Å². The Morgan fingerprint density at radius 3 is 2.67 bits per heavy atom. The Balaban J connectivity index is 3.05. The Hall–Kier alpha value is -0.341. The normalized spacial score (nSPS) is 8.67. The maximum absolute atomic E-state index is 3.53. The summed E-state index contributed by atoms with van der Waals surface area (Å²) in [6.45, 7) is 0. The quantitative estimate of drug-likeness (QED) is 0.450. The van der Waals surface area contributed by atoms with E-state index in [2.05, 4.69) is 26.5 Å². The summed E-state index contributed by atoms with van der Waals surface area (Å²) in [5.74, 6) is 0. The second-order valence-corrected chi connectivity index (χ2v) is 1.59. The summed E-state index contributed by atoms with van der Waals surface area (Å²) in [6.07, 6.45) is 3.33. The van der Waals surface area contributed by atoms with E-state index < -0.39 is 0 Å². The molecule has 0 aliphatic rings. The van der Waals surface area contributed by atoms with Gasteiger partial charge in [0.1, 0.15) is 0 Å². The first-order valence-electron chi connectivity index (χ1n) is 1.43. The Kier molecular flexibility index (Phi) is 0.900. The van der Waals surface area contributed by atoms with Gasteiger partial charge in [-0.25, -0.2) is 0 Å². The van der Waals surface area contributed by atoms with Gasteiger partial charge >= 0.3 is 42.6 Å². The van der Waals surface area contributed by atoms with E-state index in [0.29, 0.717) is 0 Å². The van der Waals surface area contributed by atoms with E-state index in [-0.39, 0.29) is 0 Å². The molecule has 0 aliphatic heterocycles. The van der Waals surface area contributed by atoms with E-state index in [1.54, 1.807) is 12.4 Å². The van der Waals surface area contributed by atoms with Gasteiger partial charge in [0.05, 0.1) is 0 Å². The third-order valence-electron chi connectivity index (χ3n) is 0.401. The summed E-state index contributed by atoms with van der Waals surface area (Å²) in [5, 5.41) is 7.03. The molecule has 0 spiro atoms. The van der Waals surface area contributed by atoms with Gasteiger partial charge in [0, 0.05) is 0 Å². The van der Waals surface area contributed by atoms with Gasteiger partial charge in [0.25, 0.3) is 0 Å². The van der Waals surface area contributed by atoms with Crippen molar-refractivity contribution in [1.82, 2.24) is 14.0 Å². The van der Waals surface area contributed by atoms with E-state index in [0.717, 1.165) is 0 Å². The van der Waals surface area contributed by atoms with Gasteiger partial charge in [0.15, 0.2) is 0 Å². The third-order valence-corrected chi connectivity index (χ3v) is 0.809. The van der Waals surface area contributed by atoms with Crippen molar-refractivity contribution in [2.24, 2.45) is 0 Å². The Bertz CT molecular complexity index is 112. The molecule has 1 heterocycles. The maximum atomic E-state index is 3.53. The van der Waals surface area contributed by atoms with Crippen molar-refractivity contribution in [2.45, 2.75) is 0 Å². The predicted molar refractivity (Wildman–Crippen MR) is 21.2 cm³/mol. The molecule has 0 amide bonds. The van der Waals surface area contributed by atoms with Gasteiger partial charge in [-0.05, 0) is 0 Å². The van der Waals surface area contributed by atoms with E-state index in [9.17, 15) is 0 Å². The fraction of sp³-hybridized carbons (Fsp3) is 0. The molecule has 0 N–H and O–H groups in total. The Morgan fingerprint density at radius 2 is 2.50 bits per heavy atom. The third kappa shape index (κ3) is 0.584. The molecule has 0 fully saturated rings. The van der Waals surface area contributed by atoms with Gasteiger partial charge < -0.3 is 0 Å². The molecule has 3 nitrogen and oxygen atoms in total. The van der Waals surface area contributed by atoms with Crippen molar-refractivity contribution in [1.29, 1.82) is 0 Å². The van der Waals surface area contributed by atoms with Gasteiger partial charge in [-0.2, -0.15) is 0 Å². The van der Waals surface area contributed by atoms with Crippen LogP contribution in [0.2, 0.25) is 0 Å². The summed E-state index contributed by atoms with van der Waals surface area (Å²) in [5.41, 5.74) is 0. The molecule has 32 valence electrons. The molecular weight excluding hydrogens is 145 g/mol. The zero-order valence-corrected chi connectivity index (χ0v) is 4.62. The van der Waals surface area contributed by atoms with Gasteiger partial charge in [-0.3, -0.25) is 0 Å². The monoisotopic (exact) mass is 148 g/mol. The fourth-order valence-corrected chi connectivity index (χ4v) is 0.400. The van der Waals surface area contributed by atoms with Gasteiger partial charge in [-0.1, -0.05) is 0 Å². The number of hydrogen-bond acceptors (Lipinski definition) is 2. The zero-order chi connectivity index (χ0) is 4.41. The molecule has 1 aromatic rings. The van der Waals surface area contributed by atoms with Crippen LogP contribution in [0, 0.1) is 0 Å². The van der Waals surface area contributed by atoms with E-state index >= 15 is 0 Å². The van der Waals surface area contributed by atoms with Crippen LogP contribution in [0.5, 0.6) is 0 Å². The summed E-state index contributed by atoms with van der Waals surface area (Å²) >= 11 is 2.62. The van der Waals surface area contributed by atoms with Gasteiger partial charge in [-0.15, -0.1) is 0 Å². The SMILES string of the molecule is [Se-]n1ccnn1. The van der Waals surface area contributed by atoms with Crippen LogP contribution in [0.15, 0.2) is 12.4 Å². The standard InChI is InChI=1S/C2H2N3Se/c6-5-2-1-3-4-5/h1-2H/q-1. The molecule has 0 atom stereocenters. The molecule has 6 heavy (non-hydrogen) atoms. The number of hydrogen-bond donors (Lipinski definition) is 0. The second kappa shape index (κ2) is 1.41. The number of rotatable bonds is 0. The van der Waals surface area contributed by atoms with Crippen molar-refractivity contribution in [3.05, 3.63) is 12.4 Å². The fourth-order valence-electron chi connectivity index (χ4n) is 0.197. The van der Waals surface area contributed by atoms with Crippen LogP contribution in [0.4, 0.5) is 0 Å². The summed E-state index contributed by atoms with van der Waals surface area (Å²) in [4.78, 5) is 0. The van der Waals surface area contributed by atoms with E-state index in [1.165, 1.54) is 3.70 Å². The average Bonchev–Trinajstić information content (AvgIpc) is 1.86. The molecule has 0 unspecified atom stereocenters. The van der Waals surface area contributed by atoms with Crippen LogP contribution in [0.25, 0.3) is 0 Å². The van der Waals surface area contributed by atoms with Crippen LogP contribution < -0.4 is 0 Å². The number of aromatic nitrogens is 3. The summed E-state index contributed by atoms with van der Waals surface area (Å²) in [7, 11) is 0. The zero-order valence-electron chi connectivity index (χ0n) is 2.90. The van der Waals surface area contributed by atoms with E-state index in [4.69, 9.17) is 0 Å². The Labute approximate surface area is 43.4 Å². The van der Waals surface area contributed by atoms with Crippen LogP contribution >= 0.6 is 0 Å². The Morgan fingerprint density at radius 1 is 1.67 bits per heavy atom. The molecule has 0 bridgehead atoms. The molecule has 0 aliphatic carbocycles. The second-order valence-electron chi connectivity index (χ2n) is 0.806. The minimum absolute atomic E-state index is 1.51. The summed E-state index contributed by atoms with van der Waals surface area (Å²) < 4.78 is 1.51. The molecule has 0 radical (unpaired) electrons. The topological polar surface area (TPSA) is 30.7 Å². The molecule has 1 rings (SSSR count). The van der Waals surface area contributed by atoms with Crippen LogP contribution in [-0.2, 0) is 0 Å². The number of nitrogens with zero attached hydrogens (tertiary/aromatic N) is 3. The average molecular weight is 147 g/mol. The van der Waals surface area contributed by atoms with Crippen LogP contribution in [0.3, 0.4) is 0 Å². The first-order valence-corrected chi connectivity index (χ1v) is 2.20. The first-order chi connectivity index (χ1) is 2.89. The molecule has 4 heteroatoms. The molecule has 0 saturated carbocycles. The molecule has 0 saturated heterocycles. The van der Waals surface area contributed by atoms with Gasteiger partial charge in [0.2, 0.25) is 0 Å². The van der Waals surface area contributed by atoms with Crippen molar-refractivity contribution in [3.8, 4) is 0 Å². The van der Waals surface area contributed by atoms with Crippen molar-refractivity contribution < 1.29 is 0 Å². The molecule has 0 aromatic carbocycles. The van der Waals surface area contributed by atoms with Crippen molar-refractivity contribution in [3.63, 3.8) is 0 Å². The first kappa shape index (κ1) is 3.84. The van der Waals surface area contributed by atoms with Crippen LogP contribution in [0.1, 0.15) is 0 Å². The van der Waals surface area contributed by atoms with Crippen molar-refractivity contribution >= 4 is 16.2 Å². The molecular formula is C2H2N3Se-. The molecule has 1 aromatic heterocycles. The summed E-state index contributed by atoms with van der Waals surface area (Å²) in [6, 6.07) is 0. The predicted octanol–water partition coefficient (Wildman–Crippen LogP) is -0.790. The van der Waals surface area contributed by atoms with Crippen molar-refractivity contribution in [2.75, 3.05) is 0 Å². The van der Waals surface area contributed by atoms with E-state index in [1.807, 2.05) is 0 Å². The minimum atomic E-state index is 1.51.